The van der Waals surface area contributed by atoms with Crippen molar-refractivity contribution in [3.63, 3.8) is 0 Å². The van der Waals surface area contributed by atoms with Crippen LogP contribution in [0.4, 0.5) is 0 Å². The number of hydrogen-bond donors (Lipinski definition) is 1. The molecule has 90 valence electrons. The standard InChI is InChI=1S/C17H12N2/c1-2-4-17-15(3-1)16(11-19-17)13-6-5-12-7-8-18-10-14(12)9-13/h1-11,19H. The Kier molecular flexibility index (Phi) is 2.15. The maximum atomic E-state index is 4.19. The molecular weight excluding hydrogens is 232 g/mol. The second-order valence-corrected chi connectivity index (χ2v) is 4.69. The fourth-order valence-electron chi connectivity index (χ4n) is 2.56. The van der Waals surface area contributed by atoms with Crippen molar-refractivity contribution in [3.05, 3.63) is 67.1 Å². The van der Waals surface area contributed by atoms with Crippen molar-refractivity contribution in [3.8, 4) is 11.1 Å². The largest absolute Gasteiger partial charge is 0.361 e. The lowest BCUT2D eigenvalue weighted by molar-refractivity contribution is 1.36. The Hall–Kier alpha value is -2.61. The zero-order valence-corrected chi connectivity index (χ0v) is 10.3. The zero-order valence-electron chi connectivity index (χ0n) is 10.3. The molecule has 2 aromatic carbocycles. The smallest absolute Gasteiger partial charge is 0.0460 e. The number of nitrogens with one attached hydrogen (secondary N) is 1. The maximum absolute atomic E-state index is 4.19. The summed E-state index contributed by atoms with van der Waals surface area (Å²) in [5.74, 6) is 0. The quantitative estimate of drug-likeness (QED) is 0.528. The lowest BCUT2D eigenvalue weighted by atomic mass is 10.0. The van der Waals surface area contributed by atoms with Crippen molar-refractivity contribution in [1.82, 2.24) is 9.97 Å². The number of para-hydroxylation sites is 1. The number of benzene rings is 2. The number of pyridine rings is 1. The van der Waals surface area contributed by atoms with Crippen LogP contribution in [0.1, 0.15) is 0 Å². The number of fused-ring (bicyclic) bond motifs is 2. The van der Waals surface area contributed by atoms with Crippen molar-refractivity contribution in [2.24, 2.45) is 0 Å². The first-order valence-electron chi connectivity index (χ1n) is 6.32. The summed E-state index contributed by atoms with van der Waals surface area (Å²) in [7, 11) is 0. The van der Waals surface area contributed by atoms with E-state index in [2.05, 4.69) is 52.6 Å². The van der Waals surface area contributed by atoms with Crippen molar-refractivity contribution >= 4 is 21.7 Å². The second kappa shape index (κ2) is 3.95. The highest BCUT2D eigenvalue weighted by Crippen LogP contribution is 2.30. The lowest BCUT2D eigenvalue weighted by Gasteiger charge is -2.02. The molecule has 0 amide bonds. The Balaban J connectivity index is 1.99. The normalized spacial score (nSPS) is 11.2. The highest BCUT2D eigenvalue weighted by molar-refractivity contribution is 5.97. The van der Waals surface area contributed by atoms with Gasteiger partial charge in [0.1, 0.15) is 0 Å². The molecule has 2 heterocycles. The highest BCUT2D eigenvalue weighted by Gasteiger charge is 2.05. The summed E-state index contributed by atoms with van der Waals surface area (Å²) < 4.78 is 0. The van der Waals surface area contributed by atoms with E-state index in [0.717, 1.165) is 0 Å². The van der Waals surface area contributed by atoms with Gasteiger partial charge in [0.2, 0.25) is 0 Å². The van der Waals surface area contributed by atoms with E-state index in [9.17, 15) is 0 Å². The lowest BCUT2D eigenvalue weighted by Crippen LogP contribution is -1.79. The molecule has 0 aliphatic rings. The molecule has 0 radical (unpaired) electrons. The van der Waals surface area contributed by atoms with Gasteiger partial charge in [0, 0.05) is 40.4 Å². The molecule has 2 nitrogen and oxygen atoms in total. The number of rotatable bonds is 1. The Labute approximate surface area is 110 Å². The fourth-order valence-corrected chi connectivity index (χ4v) is 2.56. The van der Waals surface area contributed by atoms with Crippen molar-refractivity contribution < 1.29 is 0 Å². The predicted octanol–water partition coefficient (Wildman–Crippen LogP) is 4.38. The minimum Gasteiger partial charge on any atom is -0.361 e. The Morgan fingerprint density at radius 3 is 2.84 bits per heavy atom. The van der Waals surface area contributed by atoms with Crippen molar-refractivity contribution in [2.45, 2.75) is 0 Å². The van der Waals surface area contributed by atoms with Crippen LogP contribution < -0.4 is 0 Å². The molecule has 0 aliphatic heterocycles. The first kappa shape index (κ1) is 10.3. The van der Waals surface area contributed by atoms with Crippen LogP contribution in [0.3, 0.4) is 0 Å². The molecule has 0 unspecified atom stereocenters. The van der Waals surface area contributed by atoms with E-state index in [1.165, 1.54) is 32.8 Å². The van der Waals surface area contributed by atoms with Crippen LogP contribution >= 0.6 is 0 Å². The molecule has 0 saturated carbocycles. The van der Waals surface area contributed by atoms with Crippen LogP contribution in [0.2, 0.25) is 0 Å². The Morgan fingerprint density at radius 1 is 0.895 bits per heavy atom. The van der Waals surface area contributed by atoms with Gasteiger partial charge in [-0.1, -0.05) is 30.3 Å². The molecule has 4 rings (SSSR count). The number of H-pyrrole nitrogens is 1. The highest BCUT2D eigenvalue weighted by atomic mass is 14.7. The molecule has 0 fully saturated rings. The molecule has 1 N–H and O–H groups in total. The predicted molar refractivity (Wildman–Crippen MR) is 79.0 cm³/mol. The summed E-state index contributed by atoms with van der Waals surface area (Å²) in [6, 6.07) is 16.9. The monoisotopic (exact) mass is 244 g/mol. The summed E-state index contributed by atoms with van der Waals surface area (Å²) >= 11 is 0. The molecule has 19 heavy (non-hydrogen) atoms. The van der Waals surface area contributed by atoms with Gasteiger partial charge in [-0.2, -0.15) is 0 Å². The van der Waals surface area contributed by atoms with Gasteiger partial charge in [-0.05, 0) is 29.1 Å². The van der Waals surface area contributed by atoms with E-state index in [-0.39, 0.29) is 0 Å². The summed E-state index contributed by atoms with van der Waals surface area (Å²) in [4.78, 5) is 7.51. The van der Waals surface area contributed by atoms with Crippen molar-refractivity contribution in [2.75, 3.05) is 0 Å². The van der Waals surface area contributed by atoms with Crippen LogP contribution in [-0.2, 0) is 0 Å². The van der Waals surface area contributed by atoms with E-state index in [4.69, 9.17) is 0 Å². The molecule has 2 aromatic heterocycles. The number of nitrogens with zero attached hydrogens (tertiary/aromatic N) is 1. The molecule has 0 atom stereocenters. The molecule has 0 saturated heterocycles. The summed E-state index contributed by atoms with van der Waals surface area (Å²) in [5.41, 5.74) is 3.63. The fraction of sp³-hybridized carbons (Fsp3) is 0. The average molecular weight is 244 g/mol. The Bertz CT molecular complexity index is 874. The summed E-state index contributed by atoms with van der Waals surface area (Å²) in [6.45, 7) is 0. The van der Waals surface area contributed by atoms with Crippen LogP contribution in [-0.4, -0.2) is 9.97 Å². The van der Waals surface area contributed by atoms with Gasteiger partial charge < -0.3 is 4.98 Å². The third-order valence-corrected chi connectivity index (χ3v) is 3.54. The van der Waals surface area contributed by atoms with Gasteiger partial charge >= 0.3 is 0 Å². The topological polar surface area (TPSA) is 28.7 Å². The SMILES string of the molecule is c1ccc2c(-c3ccc4ccncc4c3)c[nH]c2c1. The first-order valence-corrected chi connectivity index (χ1v) is 6.32. The van der Waals surface area contributed by atoms with Crippen LogP contribution in [0.5, 0.6) is 0 Å². The van der Waals surface area contributed by atoms with Crippen LogP contribution in [0.25, 0.3) is 32.8 Å². The second-order valence-electron chi connectivity index (χ2n) is 4.69. The molecule has 4 aromatic rings. The molecule has 0 spiro atoms. The number of aromatic nitrogens is 2. The van der Waals surface area contributed by atoms with Gasteiger partial charge in [0.25, 0.3) is 0 Å². The molecule has 2 heteroatoms. The summed E-state index contributed by atoms with van der Waals surface area (Å²) in [6.07, 6.45) is 5.81. The Morgan fingerprint density at radius 2 is 1.84 bits per heavy atom. The van der Waals surface area contributed by atoms with Crippen LogP contribution in [0.15, 0.2) is 67.1 Å². The average Bonchev–Trinajstić information content (AvgIpc) is 2.91. The van der Waals surface area contributed by atoms with Gasteiger partial charge in [0.15, 0.2) is 0 Å². The van der Waals surface area contributed by atoms with Crippen molar-refractivity contribution in [1.29, 1.82) is 0 Å². The molecule has 0 bridgehead atoms. The zero-order chi connectivity index (χ0) is 12.7. The van der Waals surface area contributed by atoms with Crippen LogP contribution in [0, 0.1) is 0 Å². The van der Waals surface area contributed by atoms with E-state index >= 15 is 0 Å². The van der Waals surface area contributed by atoms with E-state index in [0.29, 0.717) is 0 Å². The van der Waals surface area contributed by atoms with E-state index < -0.39 is 0 Å². The number of aromatic amines is 1. The van der Waals surface area contributed by atoms with Gasteiger partial charge in [0.05, 0.1) is 0 Å². The van der Waals surface area contributed by atoms with E-state index in [1.54, 1.807) is 0 Å². The third-order valence-electron chi connectivity index (χ3n) is 3.54. The number of hydrogen-bond acceptors (Lipinski definition) is 1. The minimum atomic E-state index is 1.17. The molecular formula is C17H12N2. The minimum absolute atomic E-state index is 1.17. The first-order chi connectivity index (χ1) is 9.42. The van der Waals surface area contributed by atoms with Gasteiger partial charge in [-0.15, -0.1) is 0 Å². The third kappa shape index (κ3) is 1.61. The summed E-state index contributed by atoms with van der Waals surface area (Å²) in [5, 5.41) is 3.65. The van der Waals surface area contributed by atoms with Gasteiger partial charge in [-0.25, -0.2) is 0 Å². The molecule has 0 aliphatic carbocycles. The van der Waals surface area contributed by atoms with E-state index in [1.807, 2.05) is 24.5 Å². The maximum Gasteiger partial charge on any atom is 0.0460 e. The van der Waals surface area contributed by atoms with Gasteiger partial charge in [-0.3, -0.25) is 4.98 Å².